The van der Waals surface area contributed by atoms with E-state index in [-0.39, 0.29) is 5.91 Å². The van der Waals surface area contributed by atoms with Gasteiger partial charge in [0.15, 0.2) is 0 Å². The largest absolute Gasteiger partial charge is 0.381 e. The first-order valence-electron chi connectivity index (χ1n) is 9.31. The summed E-state index contributed by atoms with van der Waals surface area (Å²) in [5, 5.41) is 8.88. The summed E-state index contributed by atoms with van der Waals surface area (Å²) in [7, 11) is 0. The molecule has 25 heavy (non-hydrogen) atoms. The van der Waals surface area contributed by atoms with E-state index in [0.717, 1.165) is 65.2 Å². The fourth-order valence-corrected chi connectivity index (χ4v) is 3.67. The van der Waals surface area contributed by atoms with Gasteiger partial charge in [-0.3, -0.25) is 9.69 Å². The molecule has 5 heteroatoms. The average molecular weight is 341 g/mol. The van der Waals surface area contributed by atoms with Crippen LogP contribution in [0.1, 0.15) is 36.8 Å². The lowest BCUT2D eigenvalue weighted by molar-refractivity contribution is -0.133. The molecule has 1 atom stereocenters. The van der Waals surface area contributed by atoms with Gasteiger partial charge in [-0.2, -0.15) is 5.26 Å². The fraction of sp³-hybridized carbons (Fsp3) is 0.600. The first kappa shape index (κ1) is 17.9. The van der Waals surface area contributed by atoms with Crippen molar-refractivity contribution in [3.8, 4) is 6.07 Å². The Hall–Kier alpha value is -1.90. The van der Waals surface area contributed by atoms with Crippen LogP contribution in [0.2, 0.25) is 0 Å². The summed E-state index contributed by atoms with van der Waals surface area (Å²) in [5.74, 6) is 0.690. The number of amides is 1. The Bertz CT molecular complexity index is 602. The Kier molecular flexibility index (Phi) is 6.43. The van der Waals surface area contributed by atoms with Crippen LogP contribution in [-0.4, -0.2) is 55.1 Å². The van der Waals surface area contributed by atoms with Gasteiger partial charge in [-0.15, -0.1) is 0 Å². The van der Waals surface area contributed by atoms with Crippen LogP contribution in [0.3, 0.4) is 0 Å². The zero-order valence-electron chi connectivity index (χ0n) is 14.8. The average Bonchev–Trinajstić information content (AvgIpc) is 2.89. The number of hydrogen-bond donors (Lipinski definition) is 0. The third-order valence-corrected chi connectivity index (χ3v) is 5.15. The van der Waals surface area contributed by atoms with E-state index in [0.29, 0.717) is 17.9 Å². The Labute approximate surface area is 150 Å². The molecule has 5 nitrogen and oxygen atoms in total. The number of benzene rings is 1. The quantitative estimate of drug-likeness (QED) is 0.844. The third kappa shape index (κ3) is 5.29. The second-order valence-electron chi connectivity index (χ2n) is 7.11. The molecule has 1 aromatic carbocycles. The van der Waals surface area contributed by atoms with Gasteiger partial charge in [0, 0.05) is 52.4 Å². The Balaban J connectivity index is 1.47. The normalized spacial score (nSPS) is 22.2. The minimum absolute atomic E-state index is 0.288. The number of rotatable bonds is 4. The van der Waals surface area contributed by atoms with Crippen molar-refractivity contribution in [2.24, 2.45) is 5.92 Å². The first-order valence-corrected chi connectivity index (χ1v) is 9.31. The highest BCUT2D eigenvalue weighted by molar-refractivity contribution is 5.76. The molecule has 1 amide bonds. The second-order valence-corrected chi connectivity index (χ2v) is 7.11. The summed E-state index contributed by atoms with van der Waals surface area (Å²) < 4.78 is 5.50. The van der Waals surface area contributed by atoms with Crippen LogP contribution < -0.4 is 0 Å². The molecule has 2 heterocycles. The molecule has 0 bridgehead atoms. The number of nitriles is 1. The molecule has 0 saturated carbocycles. The van der Waals surface area contributed by atoms with E-state index >= 15 is 0 Å². The van der Waals surface area contributed by atoms with E-state index in [9.17, 15) is 4.79 Å². The smallest absolute Gasteiger partial charge is 0.222 e. The molecule has 2 fully saturated rings. The highest BCUT2D eigenvalue weighted by atomic mass is 16.5. The molecule has 2 aliphatic heterocycles. The second kappa shape index (κ2) is 8.98. The molecule has 0 aliphatic carbocycles. The maximum Gasteiger partial charge on any atom is 0.222 e. The molecule has 0 N–H and O–H groups in total. The van der Waals surface area contributed by atoms with Crippen LogP contribution in [0.25, 0.3) is 0 Å². The highest BCUT2D eigenvalue weighted by Crippen LogP contribution is 2.19. The van der Waals surface area contributed by atoms with Crippen molar-refractivity contribution in [3.05, 3.63) is 35.4 Å². The number of carbonyl (C=O) groups is 1. The minimum atomic E-state index is 0.288. The van der Waals surface area contributed by atoms with Crippen molar-refractivity contribution in [1.29, 1.82) is 5.26 Å². The number of carbonyl (C=O) groups excluding carboxylic acids is 1. The van der Waals surface area contributed by atoms with Gasteiger partial charge in [-0.25, -0.2) is 0 Å². The van der Waals surface area contributed by atoms with E-state index in [1.54, 1.807) is 0 Å². The van der Waals surface area contributed by atoms with Crippen molar-refractivity contribution in [2.45, 2.75) is 32.2 Å². The Morgan fingerprint density at radius 2 is 2.00 bits per heavy atom. The summed E-state index contributed by atoms with van der Waals surface area (Å²) in [4.78, 5) is 17.0. The fourth-order valence-electron chi connectivity index (χ4n) is 3.67. The molecular formula is C20H27N3O2. The molecule has 3 rings (SSSR count). The van der Waals surface area contributed by atoms with Gasteiger partial charge in [-0.1, -0.05) is 12.1 Å². The third-order valence-electron chi connectivity index (χ3n) is 5.15. The monoisotopic (exact) mass is 341 g/mol. The summed E-state index contributed by atoms with van der Waals surface area (Å²) >= 11 is 0. The van der Waals surface area contributed by atoms with Crippen molar-refractivity contribution in [2.75, 3.05) is 39.4 Å². The van der Waals surface area contributed by atoms with Crippen LogP contribution in [0.5, 0.6) is 0 Å². The lowest BCUT2D eigenvalue weighted by Gasteiger charge is -2.26. The van der Waals surface area contributed by atoms with Gasteiger partial charge < -0.3 is 9.64 Å². The highest BCUT2D eigenvalue weighted by Gasteiger charge is 2.23. The molecule has 0 spiro atoms. The maximum atomic E-state index is 12.6. The van der Waals surface area contributed by atoms with Crippen molar-refractivity contribution < 1.29 is 9.53 Å². The summed E-state index contributed by atoms with van der Waals surface area (Å²) in [6.07, 6.45) is 3.85. The Morgan fingerprint density at radius 3 is 2.72 bits per heavy atom. The minimum Gasteiger partial charge on any atom is -0.381 e. The van der Waals surface area contributed by atoms with E-state index in [1.807, 2.05) is 29.2 Å². The Morgan fingerprint density at radius 1 is 1.16 bits per heavy atom. The van der Waals surface area contributed by atoms with Crippen LogP contribution in [-0.2, 0) is 16.1 Å². The van der Waals surface area contributed by atoms with Gasteiger partial charge in [-0.05, 0) is 42.9 Å². The van der Waals surface area contributed by atoms with Crippen molar-refractivity contribution in [3.63, 3.8) is 0 Å². The first-order chi connectivity index (χ1) is 12.2. The summed E-state index contributed by atoms with van der Waals surface area (Å²) in [6, 6.07) is 9.94. The van der Waals surface area contributed by atoms with Crippen molar-refractivity contribution in [1.82, 2.24) is 9.80 Å². The lowest BCUT2D eigenvalue weighted by atomic mass is 9.98. The van der Waals surface area contributed by atoms with E-state index in [2.05, 4.69) is 11.0 Å². The van der Waals surface area contributed by atoms with E-state index < -0.39 is 0 Å². The molecule has 0 aromatic heterocycles. The SMILES string of the molecule is N#Cc1ccc(CN2CCCN(C(=O)CC3CCCOC3)CC2)cc1. The molecule has 1 aromatic rings. The van der Waals surface area contributed by atoms with Crippen LogP contribution in [0.4, 0.5) is 0 Å². The predicted octanol–water partition coefficient (Wildman–Crippen LogP) is 2.41. The van der Waals surface area contributed by atoms with E-state index in [4.69, 9.17) is 10.00 Å². The predicted molar refractivity (Wildman–Crippen MR) is 95.8 cm³/mol. The standard InChI is InChI=1S/C20H27N3O2/c21-14-17-4-6-18(7-5-17)15-22-8-2-9-23(11-10-22)20(24)13-19-3-1-12-25-16-19/h4-7,19H,1-3,8-13,15-16H2. The van der Waals surface area contributed by atoms with Crippen molar-refractivity contribution >= 4 is 5.91 Å². The molecule has 1 unspecified atom stereocenters. The van der Waals surface area contributed by atoms with Crippen LogP contribution in [0, 0.1) is 17.2 Å². The molecule has 2 aliphatic rings. The van der Waals surface area contributed by atoms with Gasteiger partial charge in [0.05, 0.1) is 11.6 Å². The molecule has 0 radical (unpaired) electrons. The zero-order valence-corrected chi connectivity index (χ0v) is 14.8. The maximum absolute atomic E-state index is 12.6. The van der Waals surface area contributed by atoms with Gasteiger partial charge in [0.2, 0.25) is 5.91 Å². The summed E-state index contributed by atoms with van der Waals surface area (Å²) in [5.41, 5.74) is 1.92. The number of ether oxygens (including phenoxy) is 1. The molecule has 2 saturated heterocycles. The number of hydrogen-bond acceptors (Lipinski definition) is 4. The zero-order chi connectivity index (χ0) is 17.5. The lowest BCUT2D eigenvalue weighted by Crippen LogP contribution is -2.36. The van der Waals surface area contributed by atoms with Gasteiger partial charge in [0.25, 0.3) is 0 Å². The number of nitrogens with zero attached hydrogens (tertiary/aromatic N) is 3. The van der Waals surface area contributed by atoms with Gasteiger partial charge >= 0.3 is 0 Å². The van der Waals surface area contributed by atoms with Crippen LogP contribution in [0.15, 0.2) is 24.3 Å². The topological polar surface area (TPSA) is 56.6 Å². The summed E-state index contributed by atoms with van der Waals surface area (Å²) in [6.45, 7) is 6.05. The molecule has 134 valence electrons. The van der Waals surface area contributed by atoms with Gasteiger partial charge in [0.1, 0.15) is 0 Å². The van der Waals surface area contributed by atoms with Crippen LogP contribution >= 0.6 is 0 Å². The molecular weight excluding hydrogens is 314 g/mol. The van der Waals surface area contributed by atoms with E-state index in [1.165, 1.54) is 5.56 Å².